The summed E-state index contributed by atoms with van der Waals surface area (Å²) in [6.07, 6.45) is 0.808. The van der Waals surface area contributed by atoms with Crippen LogP contribution in [0, 0.1) is 6.92 Å². The Morgan fingerprint density at radius 3 is 2.65 bits per heavy atom. The van der Waals surface area contributed by atoms with Crippen LogP contribution >= 0.6 is 11.3 Å². The third-order valence-corrected chi connectivity index (χ3v) is 3.39. The fraction of sp³-hybridized carbons (Fsp3) is 0.214. The summed E-state index contributed by atoms with van der Waals surface area (Å²) >= 11 is 1.77. The molecule has 0 N–H and O–H groups in total. The molecule has 0 amide bonds. The molecule has 2 aromatic rings. The van der Waals surface area contributed by atoms with Crippen molar-refractivity contribution in [1.29, 1.82) is 0 Å². The van der Waals surface area contributed by atoms with Crippen molar-refractivity contribution in [3.8, 4) is 5.75 Å². The number of rotatable bonds is 3. The Kier molecular flexibility index (Phi) is 3.59. The molecule has 1 aromatic carbocycles. The number of thiophene rings is 1. The van der Waals surface area contributed by atoms with Gasteiger partial charge in [-0.1, -0.05) is 18.2 Å². The van der Waals surface area contributed by atoms with Crippen LogP contribution in [0.1, 0.15) is 22.2 Å². The number of esters is 1. The number of benzene rings is 1. The SMILES string of the molecule is CC(=O)Oc1ccccc1Cc1ccc(C)s1. The summed E-state index contributed by atoms with van der Waals surface area (Å²) in [5.41, 5.74) is 1.05. The topological polar surface area (TPSA) is 26.3 Å². The standard InChI is InChI=1S/C14H14O2S/c1-10-7-8-13(17-10)9-12-5-3-4-6-14(12)16-11(2)15/h3-8H,9H2,1-2H3. The van der Waals surface area contributed by atoms with Crippen molar-refractivity contribution < 1.29 is 9.53 Å². The van der Waals surface area contributed by atoms with E-state index in [1.807, 2.05) is 24.3 Å². The number of ether oxygens (including phenoxy) is 1. The molecule has 1 aromatic heterocycles. The van der Waals surface area contributed by atoms with Gasteiger partial charge >= 0.3 is 5.97 Å². The molecule has 0 aliphatic carbocycles. The third-order valence-electron chi connectivity index (χ3n) is 2.39. The van der Waals surface area contributed by atoms with Gasteiger partial charge in [0.15, 0.2) is 0 Å². The van der Waals surface area contributed by atoms with Crippen LogP contribution in [0.15, 0.2) is 36.4 Å². The quantitative estimate of drug-likeness (QED) is 0.611. The van der Waals surface area contributed by atoms with Gasteiger partial charge in [-0.05, 0) is 25.1 Å². The van der Waals surface area contributed by atoms with Crippen LogP contribution in [0.25, 0.3) is 0 Å². The lowest BCUT2D eigenvalue weighted by Crippen LogP contribution is -2.03. The molecule has 0 fully saturated rings. The zero-order chi connectivity index (χ0) is 12.3. The van der Waals surface area contributed by atoms with E-state index in [9.17, 15) is 4.79 Å². The summed E-state index contributed by atoms with van der Waals surface area (Å²) in [5, 5.41) is 0. The van der Waals surface area contributed by atoms with E-state index in [4.69, 9.17) is 4.74 Å². The molecule has 17 heavy (non-hydrogen) atoms. The Labute approximate surface area is 105 Å². The van der Waals surface area contributed by atoms with Crippen LogP contribution in [0.2, 0.25) is 0 Å². The molecule has 0 saturated heterocycles. The minimum atomic E-state index is -0.278. The first-order valence-electron chi connectivity index (χ1n) is 5.47. The number of carbonyl (C=O) groups is 1. The second-order valence-electron chi connectivity index (χ2n) is 3.89. The Morgan fingerprint density at radius 1 is 1.24 bits per heavy atom. The summed E-state index contributed by atoms with van der Waals surface area (Å²) in [6.45, 7) is 3.51. The molecule has 0 spiro atoms. The number of hydrogen-bond acceptors (Lipinski definition) is 3. The van der Waals surface area contributed by atoms with Crippen LogP contribution in [0.4, 0.5) is 0 Å². The van der Waals surface area contributed by atoms with Gasteiger partial charge in [-0.15, -0.1) is 11.3 Å². The van der Waals surface area contributed by atoms with Gasteiger partial charge in [0.2, 0.25) is 0 Å². The number of para-hydroxylation sites is 1. The highest BCUT2D eigenvalue weighted by Gasteiger charge is 2.07. The normalized spacial score (nSPS) is 10.2. The van der Waals surface area contributed by atoms with Gasteiger partial charge < -0.3 is 4.74 Å². The predicted octanol–water partition coefficient (Wildman–Crippen LogP) is 3.57. The van der Waals surface area contributed by atoms with Crippen molar-refractivity contribution in [3.05, 3.63) is 51.7 Å². The molecular formula is C14H14O2S. The van der Waals surface area contributed by atoms with Crippen LogP contribution in [0.3, 0.4) is 0 Å². The Hall–Kier alpha value is -1.61. The average Bonchev–Trinajstić information content (AvgIpc) is 2.66. The first-order chi connectivity index (χ1) is 8.15. The first kappa shape index (κ1) is 11.9. The van der Waals surface area contributed by atoms with Crippen LogP contribution in [0.5, 0.6) is 5.75 Å². The summed E-state index contributed by atoms with van der Waals surface area (Å²) < 4.78 is 5.19. The largest absolute Gasteiger partial charge is 0.426 e. The second kappa shape index (κ2) is 5.15. The molecule has 0 saturated carbocycles. The fourth-order valence-electron chi connectivity index (χ4n) is 1.67. The highest BCUT2D eigenvalue weighted by atomic mass is 32.1. The Morgan fingerprint density at radius 2 is 2.00 bits per heavy atom. The maximum atomic E-state index is 11.0. The molecule has 0 aliphatic rings. The lowest BCUT2D eigenvalue weighted by molar-refractivity contribution is -0.131. The third kappa shape index (κ3) is 3.17. The molecule has 3 heteroatoms. The molecule has 88 valence electrons. The summed E-state index contributed by atoms with van der Waals surface area (Å²) in [6, 6.07) is 11.9. The first-order valence-corrected chi connectivity index (χ1v) is 6.28. The van der Waals surface area contributed by atoms with Crippen molar-refractivity contribution in [3.63, 3.8) is 0 Å². The van der Waals surface area contributed by atoms with Gasteiger partial charge in [0.25, 0.3) is 0 Å². The van der Waals surface area contributed by atoms with Crippen molar-refractivity contribution in [2.45, 2.75) is 20.3 Å². The minimum Gasteiger partial charge on any atom is -0.426 e. The lowest BCUT2D eigenvalue weighted by atomic mass is 10.1. The summed E-state index contributed by atoms with van der Waals surface area (Å²) in [4.78, 5) is 13.6. The van der Waals surface area contributed by atoms with Gasteiger partial charge in [-0.2, -0.15) is 0 Å². The highest BCUT2D eigenvalue weighted by Crippen LogP contribution is 2.25. The number of hydrogen-bond donors (Lipinski definition) is 0. The summed E-state index contributed by atoms with van der Waals surface area (Å²) in [7, 11) is 0. The molecule has 2 rings (SSSR count). The van der Waals surface area contributed by atoms with E-state index in [2.05, 4.69) is 19.1 Å². The van der Waals surface area contributed by atoms with Crippen molar-refractivity contribution in [1.82, 2.24) is 0 Å². The highest BCUT2D eigenvalue weighted by molar-refractivity contribution is 7.11. The average molecular weight is 246 g/mol. The predicted molar refractivity (Wildman–Crippen MR) is 69.6 cm³/mol. The van der Waals surface area contributed by atoms with E-state index in [0.29, 0.717) is 5.75 Å². The fourth-order valence-corrected chi connectivity index (χ4v) is 2.59. The van der Waals surface area contributed by atoms with E-state index in [1.165, 1.54) is 16.7 Å². The van der Waals surface area contributed by atoms with Crippen molar-refractivity contribution in [2.75, 3.05) is 0 Å². The van der Waals surface area contributed by atoms with Gasteiger partial charge in [0, 0.05) is 28.7 Å². The maximum Gasteiger partial charge on any atom is 0.308 e. The molecule has 0 unspecified atom stereocenters. The Balaban J connectivity index is 2.23. The van der Waals surface area contributed by atoms with Crippen molar-refractivity contribution >= 4 is 17.3 Å². The zero-order valence-corrected chi connectivity index (χ0v) is 10.7. The van der Waals surface area contributed by atoms with Gasteiger partial charge in [0.1, 0.15) is 5.75 Å². The molecule has 1 heterocycles. The molecule has 2 nitrogen and oxygen atoms in total. The molecule has 0 bridgehead atoms. The van der Waals surface area contributed by atoms with Gasteiger partial charge in [-0.3, -0.25) is 4.79 Å². The molecular weight excluding hydrogens is 232 g/mol. The van der Waals surface area contributed by atoms with E-state index >= 15 is 0 Å². The Bertz CT molecular complexity index is 529. The number of carbonyl (C=O) groups excluding carboxylic acids is 1. The van der Waals surface area contributed by atoms with Crippen LogP contribution in [-0.2, 0) is 11.2 Å². The lowest BCUT2D eigenvalue weighted by Gasteiger charge is -2.07. The smallest absolute Gasteiger partial charge is 0.308 e. The van der Waals surface area contributed by atoms with Crippen LogP contribution < -0.4 is 4.74 Å². The van der Waals surface area contributed by atoms with E-state index in [0.717, 1.165) is 12.0 Å². The van der Waals surface area contributed by atoms with E-state index in [1.54, 1.807) is 11.3 Å². The van der Waals surface area contributed by atoms with E-state index < -0.39 is 0 Å². The van der Waals surface area contributed by atoms with Crippen LogP contribution in [-0.4, -0.2) is 5.97 Å². The van der Waals surface area contributed by atoms with Gasteiger partial charge in [-0.25, -0.2) is 0 Å². The zero-order valence-electron chi connectivity index (χ0n) is 9.90. The number of aryl methyl sites for hydroxylation is 1. The van der Waals surface area contributed by atoms with Crippen molar-refractivity contribution in [2.24, 2.45) is 0 Å². The summed E-state index contributed by atoms with van der Waals surface area (Å²) in [5.74, 6) is 0.380. The molecule has 0 atom stereocenters. The second-order valence-corrected chi connectivity index (χ2v) is 5.26. The monoisotopic (exact) mass is 246 g/mol. The van der Waals surface area contributed by atoms with Gasteiger partial charge in [0.05, 0.1) is 0 Å². The maximum absolute atomic E-state index is 11.0. The van der Waals surface area contributed by atoms with E-state index in [-0.39, 0.29) is 5.97 Å². The minimum absolute atomic E-state index is 0.278. The molecule has 0 radical (unpaired) electrons. The molecule has 0 aliphatic heterocycles.